The summed E-state index contributed by atoms with van der Waals surface area (Å²) in [7, 11) is 0. The molecule has 0 spiro atoms. The molecular weight excluding hydrogens is 210 g/mol. The van der Waals surface area contributed by atoms with E-state index in [1.807, 2.05) is 6.92 Å². The van der Waals surface area contributed by atoms with Crippen LogP contribution in [0.2, 0.25) is 0 Å². The van der Waals surface area contributed by atoms with Gasteiger partial charge in [-0.15, -0.1) is 0 Å². The summed E-state index contributed by atoms with van der Waals surface area (Å²) in [4.78, 5) is 0. The van der Waals surface area contributed by atoms with Crippen LogP contribution >= 0.6 is 0 Å². The van der Waals surface area contributed by atoms with Crippen LogP contribution in [-0.4, -0.2) is 19.8 Å². The van der Waals surface area contributed by atoms with Crippen molar-refractivity contribution in [3.63, 3.8) is 0 Å². The van der Waals surface area contributed by atoms with Gasteiger partial charge in [0, 0.05) is 19.3 Å². The highest BCUT2D eigenvalue weighted by Crippen LogP contribution is 2.40. The minimum atomic E-state index is 0.554. The molecule has 17 heavy (non-hydrogen) atoms. The van der Waals surface area contributed by atoms with Gasteiger partial charge in [0.05, 0.1) is 0 Å². The van der Waals surface area contributed by atoms with Crippen LogP contribution in [0.5, 0.6) is 0 Å². The van der Waals surface area contributed by atoms with Crippen LogP contribution in [0.4, 0.5) is 0 Å². The lowest BCUT2D eigenvalue weighted by atomic mass is 10.0. The molecule has 0 radical (unpaired) electrons. The molecule has 1 aliphatic rings. The van der Waals surface area contributed by atoms with Crippen LogP contribution in [0, 0.1) is 5.92 Å². The molecule has 2 rings (SSSR count). The first-order valence-electron chi connectivity index (χ1n) is 6.78. The van der Waals surface area contributed by atoms with E-state index in [4.69, 9.17) is 4.74 Å². The fraction of sp³-hybridized carbons (Fsp3) is 0.600. The van der Waals surface area contributed by atoms with Crippen molar-refractivity contribution >= 4 is 0 Å². The molecule has 1 saturated carbocycles. The number of hydrogen-bond donors (Lipinski definition) is 1. The second kappa shape index (κ2) is 6.77. The van der Waals surface area contributed by atoms with E-state index < -0.39 is 0 Å². The van der Waals surface area contributed by atoms with Gasteiger partial charge >= 0.3 is 0 Å². The third-order valence-corrected chi connectivity index (χ3v) is 3.29. The van der Waals surface area contributed by atoms with Gasteiger partial charge in [-0.05, 0) is 44.2 Å². The van der Waals surface area contributed by atoms with E-state index >= 15 is 0 Å². The molecule has 1 aromatic carbocycles. The quantitative estimate of drug-likeness (QED) is 0.696. The van der Waals surface area contributed by atoms with Gasteiger partial charge in [0.2, 0.25) is 0 Å². The van der Waals surface area contributed by atoms with Crippen LogP contribution in [0.15, 0.2) is 30.3 Å². The monoisotopic (exact) mass is 233 g/mol. The Bertz CT molecular complexity index is 308. The third-order valence-electron chi connectivity index (χ3n) is 3.29. The second-order valence-electron chi connectivity index (χ2n) is 4.73. The molecule has 0 bridgehead atoms. The Labute approximate surface area is 104 Å². The first-order valence-corrected chi connectivity index (χ1v) is 6.78. The summed E-state index contributed by atoms with van der Waals surface area (Å²) in [6.45, 7) is 4.79. The van der Waals surface area contributed by atoms with E-state index in [0.717, 1.165) is 32.1 Å². The zero-order chi connectivity index (χ0) is 11.9. The highest BCUT2D eigenvalue weighted by Gasteiger charge is 2.31. The largest absolute Gasteiger partial charge is 0.382 e. The molecule has 0 aliphatic heterocycles. The maximum atomic E-state index is 5.36. The molecule has 1 fully saturated rings. The average molecular weight is 233 g/mol. The Balaban J connectivity index is 1.78. The van der Waals surface area contributed by atoms with Gasteiger partial charge in [-0.2, -0.15) is 0 Å². The number of nitrogens with one attached hydrogen (secondary N) is 1. The number of hydrogen-bond acceptors (Lipinski definition) is 2. The summed E-state index contributed by atoms with van der Waals surface area (Å²) >= 11 is 0. The third kappa shape index (κ3) is 4.14. The van der Waals surface area contributed by atoms with Crippen LogP contribution in [0.25, 0.3) is 0 Å². The first kappa shape index (κ1) is 12.6. The summed E-state index contributed by atoms with van der Waals surface area (Å²) < 4.78 is 5.36. The molecule has 2 nitrogen and oxygen atoms in total. The summed E-state index contributed by atoms with van der Waals surface area (Å²) in [5, 5.41) is 3.68. The van der Waals surface area contributed by atoms with Gasteiger partial charge in [0.15, 0.2) is 0 Å². The predicted octanol–water partition coefficient (Wildman–Crippen LogP) is 3.15. The molecule has 1 atom stereocenters. The molecule has 0 aromatic heterocycles. The predicted molar refractivity (Wildman–Crippen MR) is 71.0 cm³/mol. The van der Waals surface area contributed by atoms with Gasteiger partial charge in [-0.25, -0.2) is 0 Å². The van der Waals surface area contributed by atoms with Crippen molar-refractivity contribution in [3.05, 3.63) is 35.9 Å². The Morgan fingerprint density at radius 1 is 1.29 bits per heavy atom. The lowest BCUT2D eigenvalue weighted by molar-refractivity contribution is 0.144. The maximum Gasteiger partial charge on any atom is 0.0477 e. The Hall–Kier alpha value is -0.860. The number of benzene rings is 1. The van der Waals surface area contributed by atoms with E-state index in [1.54, 1.807) is 0 Å². The summed E-state index contributed by atoms with van der Waals surface area (Å²) in [6.07, 6.45) is 3.85. The molecule has 0 heterocycles. The Morgan fingerprint density at radius 3 is 2.71 bits per heavy atom. The second-order valence-corrected chi connectivity index (χ2v) is 4.73. The zero-order valence-electron chi connectivity index (χ0n) is 10.7. The number of rotatable bonds is 8. The van der Waals surface area contributed by atoms with Crippen molar-refractivity contribution in [1.82, 2.24) is 5.32 Å². The van der Waals surface area contributed by atoms with Gasteiger partial charge < -0.3 is 10.1 Å². The molecular formula is C15H23NO. The Morgan fingerprint density at radius 2 is 2.06 bits per heavy atom. The van der Waals surface area contributed by atoms with Crippen LogP contribution < -0.4 is 5.32 Å². The van der Waals surface area contributed by atoms with Crippen molar-refractivity contribution in [2.75, 3.05) is 19.8 Å². The Kier molecular flexibility index (Phi) is 5.02. The van der Waals surface area contributed by atoms with Gasteiger partial charge in [-0.3, -0.25) is 0 Å². The minimum Gasteiger partial charge on any atom is -0.382 e. The minimum absolute atomic E-state index is 0.554. The van der Waals surface area contributed by atoms with Crippen molar-refractivity contribution in [2.45, 2.75) is 32.2 Å². The molecule has 94 valence electrons. The van der Waals surface area contributed by atoms with Crippen molar-refractivity contribution in [1.29, 1.82) is 0 Å². The maximum absolute atomic E-state index is 5.36. The van der Waals surface area contributed by atoms with Crippen LogP contribution in [-0.2, 0) is 4.74 Å². The number of ether oxygens (including phenoxy) is 1. The molecule has 1 aliphatic carbocycles. The van der Waals surface area contributed by atoms with E-state index in [-0.39, 0.29) is 0 Å². The molecule has 2 heteroatoms. The normalized spacial score (nSPS) is 17.0. The molecule has 1 N–H and O–H groups in total. The highest BCUT2D eigenvalue weighted by atomic mass is 16.5. The highest BCUT2D eigenvalue weighted by molar-refractivity contribution is 5.21. The van der Waals surface area contributed by atoms with Crippen LogP contribution in [0.3, 0.4) is 0 Å². The fourth-order valence-corrected chi connectivity index (χ4v) is 2.22. The van der Waals surface area contributed by atoms with Gasteiger partial charge in [0.25, 0.3) is 0 Å². The van der Waals surface area contributed by atoms with E-state index in [9.17, 15) is 0 Å². The van der Waals surface area contributed by atoms with Crippen molar-refractivity contribution in [2.24, 2.45) is 5.92 Å². The molecule has 1 unspecified atom stereocenters. The van der Waals surface area contributed by atoms with Crippen LogP contribution in [0.1, 0.15) is 37.8 Å². The SMILES string of the molecule is CCOCCCNC(c1ccccc1)C1CC1. The molecule has 0 saturated heterocycles. The smallest absolute Gasteiger partial charge is 0.0477 e. The lowest BCUT2D eigenvalue weighted by Gasteiger charge is -2.18. The van der Waals surface area contributed by atoms with E-state index in [0.29, 0.717) is 6.04 Å². The summed E-state index contributed by atoms with van der Waals surface area (Å²) in [5.41, 5.74) is 1.44. The summed E-state index contributed by atoms with van der Waals surface area (Å²) in [6, 6.07) is 11.4. The zero-order valence-corrected chi connectivity index (χ0v) is 10.7. The van der Waals surface area contributed by atoms with Gasteiger partial charge in [0.1, 0.15) is 0 Å². The standard InChI is InChI=1S/C15H23NO/c1-2-17-12-6-11-16-15(14-9-10-14)13-7-4-3-5-8-13/h3-5,7-8,14-16H,2,6,9-12H2,1H3. The lowest BCUT2D eigenvalue weighted by Crippen LogP contribution is -2.24. The van der Waals surface area contributed by atoms with E-state index in [2.05, 4.69) is 35.6 Å². The molecule has 0 amide bonds. The topological polar surface area (TPSA) is 21.3 Å². The molecule has 1 aromatic rings. The summed E-state index contributed by atoms with van der Waals surface area (Å²) in [5.74, 6) is 0.851. The fourth-order valence-electron chi connectivity index (χ4n) is 2.22. The van der Waals surface area contributed by atoms with Crippen molar-refractivity contribution < 1.29 is 4.74 Å². The average Bonchev–Trinajstić information content (AvgIpc) is 3.19. The first-order chi connectivity index (χ1) is 8.42. The van der Waals surface area contributed by atoms with Gasteiger partial charge in [-0.1, -0.05) is 30.3 Å². The van der Waals surface area contributed by atoms with Crippen molar-refractivity contribution in [3.8, 4) is 0 Å². The van der Waals surface area contributed by atoms with E-state index in [1.165, 1.54) is 18.4 Å².